The maximum atomic E-state index is 11.9. The van der Waals surface area contributed by atoms with Crippen LogP contribution in [0.3, 0.4) is 0 Å². The molecule has 0 atom stereocenters. The number of nitrogens with zero attached hydrogens (tertiary/aromatic N) is 1. The molecule has 0 spiro atoms. The van der Waals surface area contributed by atoms with E-state index in [1.807, 2.05) is 17.0 Å². The first-order chi connectivity index (χ1) is 9.66. The number of carbonyl (C=O) groups is 2. The maximum Gasteiger partial charge on any atom is 0.251 e. The molecule has 0 aliphatic carbocycles. The normalized spacial score (nSPS) is 14.9. The second kappa shape index (κ2) is 7.43. The largest absolute Gasteiger partial charge is 0.352 e. The summed E-state index contributed by atoms with van der Waals surface area (Å²) >= 11 is 3.33. The third-order valence-electron chi connectivity index (χ3n) is 3.42. The van der Waals surface area contributed by atoms with Gasteiger partial charge in [0.2, 0.25) is 5.91 Å². The van der Waals surface area contributed by atoms with Gasteiger partial charge in [0, 0.05) is 36.1 Å². The van der Waals surface area contributed by atoms with Crippen molar-refractivity contribution in [1.29, 1.82) is 0 Å². The second-order valence-corrected chi connectivity index (χ2v) is 5.87. The third-order valence-corrected chi connectivity index (χ3v) is 3.91. The summed E-state index contributed by atoms with van der Waals surface area (Å²) in [6, 6.07) is 7.21. The monoisotopic (exact) mass is 338 g/mol. The lowest BCUT2D eigenvalue weighted by Gasteiger charge is -2.26. The van der Waals surface area contributed by atoms with Crippen molar-refractivity contribution in [2.24, 2.45) is 0 Å². The second-order valence-electron chi connectivity index (χ2n) is 4.96. The molecule has 1 saturated heterocycles. The zero-order valence-corrected chi connectivity index (χ0v) is 13.0. The standard InChI is InChI=1S/C15H19BrN2O2/c16-13-6-4-5-12(11-13)15(20)17-8-7-14(19)18-9-2-1-3-10-18/h4-6,11H,1-3,7-10H2,(H,17,20). The van der Waals surface area contributed by atoms with Crippen LogP contribution in [0.4, 0.5) is 0 Å². The molecule has 5 heteroatoms. The van der Waals surface area contributed by atoms with Gasteiger partial charge in [-0.25, -0.2) is 0 Å². The van der Waals surface area contributed by atoms with Crippen LogP contribution in [0.1, 0.15) is 36.0 Å². The van der Waals surface area contributed by atoms with Gasteiger partial charge in [0.05, 0.1) is 0 Å². The van der Waals surface area contributed by atoms with E-state index >= 15 is 0 Å². The summed E-state index contributed by atoms with van der Waals surface area (Å²) in [6.07, 6.45) is 3.77. The van der Waals surface area contributed by atoms with Crippen molar-refractivity contribution in [3.8, 4) is 0 Å². The molecule has 1 fully saturated rings. The average Bonchev–Trinajstić information content (AvgIpc) is 2.48. The Labute approximate surface area is 127 Å². The predicted molar refractivity (Wildman–Crippen MR) is 81.5 cm³/mol. The van der Waals surface area contributed by atoms with Crippen molar-refractivity contribution < 1.29 is 9.59 Å². The molecular formula is C15H19BrN2O2. The topological polar surface area (TPSA) is 49.4 Å². The summed E-state index contributed by atoms with van der Waals surface area (Å²) in [6.45, 7) is 2.11. The number of carbonyl (C=O) groups excluding carboxylic acids is 2. The lowest BCUT2D eigenvalue weighted by Crippen LogP contribution is -2.37. The Balaban J connectivity index is 1.75. The Hall–Kier alpha value is -1.36. The minimum absolute atomic E-state index is 0.138. The van der Waals surface area contributed by atoms with Crippen LogP contribution in [0.2, 0.25) is 0 Å². The van der Waals surface area contributed by atoms with Gasteiger partial charge in [-0.15, -0.1) is 0 Å². The highest BCUT2D eigenvalue weighted by Gasteiger charge is 2.16. The summed E-state index contributed by atoms with van der Waals surface area (Å²) in [5, 5.41) is 2.79. The van der Waals surface area contributed by atoms with Crippen molar-refractivity contribution in [1.82, 2.24) is 10.2 Å². The quantitative estimate of drug-likeness (QED) is 0.917. The fourth-order valence-electron chi connectivity index (χ4n) is 2.32. The van der Waals surface area contributed by atoms with Crippen LogP contribution in [-0.2, 0) is 4.79 Å². The SMILES string of the molecule is O=C(NCCC(=O)N1CCCCC1)c1cccc(Br)c1. The highest BCUT2D eigenvalue weighted by molar-refractivity contribution is 9.10. The van der Waals surface area contributed by atoms with Crippen molar-refractivity contribution in [3.05, 3.63) is 34.3 Å². The van der Waals surface area contributed by atoms with E-state index in [9.17, 15) is 9.59 Å². The van der Waals surface area contributed by atoms with Gasteiger partial charge in [-0.1, -0.05) is 22.0 Å². The molecule has 2 rings (SSSR count). The molecule has 0 radical (unpaired) electrons. The molecule has 1 aromatic carbocycles. The average molecular weight is 339 g/mol. The Bertz CT molecular complexity index is 485. The first kappa shape index (κ1) is 15.0. The summed E-state index contributed by atoms with van der Waals surface area (Å²) in [7, 11) is 0. The van der Waals surface area contributed by atoms with Gasteiger partial charge in [-0.3, -0.25) is 9.59 Å². The first-order valence-corrected chi connectivity index (χ1v) is 7.77. The third kappa shape index (κ3) is 4.34. The zero-order valence-electron chi connectivity index (χ0n) is 11.4. The minimum Gasteiger partial charge on any atom is -0.352 e. The summed E-state index contributed by atoms with van der Waals surface area (Å²) in [5.74, 6) is -0.00279. The van der Waals surface area contributed by atoms with Crippen LogP contribution in [0, 0.1) is 0 Å². The molecule has 0 aromatic heterocycles. The molecule has 1 aliphatic rings. The van der Waals surface area contributed by atoms with E-state index in [1.54, 1.807) is 12.1 Å². The highest BCUT2D eigenvalue weighted by atomic mass is 79.9. The fraction of sp³-hybridized carbons (Fsp3) is 0.467. The Morgan fingerprint density at radius 3 is 2.65 bits per heavy atom. The smallest absolute Gasteiger partial charge is 0.251 e. The van der Waals surface area contributed by atoms with E-state index in [4.69, 9.17) is 0 Å². The van der Waals surface area contributed by atoms with Crippen LogP contribution >= 0.6 is 15.9 Å². The predicted octanol–water partition coefficient (Wildman–Crippen LogP) is 2.58. The number of hydrogen-bond acceptors (Lipinski definition) is 2. The molecule has 108 valence electrons. The van der Waals surface area contributed by atoms with E-state index in [-0.39, 0.29) is 11.8 Å². The number of amides is 2. The summed E-state index contributed by atoms with van der Waals surface area (Å²) in [5.41, 5.74) is 0.602. The number of likely N-dealkylation sites (tertiary alicyclic amines) is 1. The van der Waals surface area contributed by atoms with Gasteiger partial charge in [-0.2, -0.15) is 0 Å². The van der Waals surface area contributed by atoms with Gasteiger partial charge in [0.15, 0.2) is 0 Å². The number of piperidine rings is 1. The lowest BCUT2D eigenvalue weighted by atomic mass is 10.1. The van der Waals surface area contributed by atoms with E-state index in [0.717, 1.165) is 30.4 Å². The van der Waals surface area contributed by atoms with Crippen LogP contribution in [0.5, 0.6) is 0 Å². The molecule has 1 N–H and O–H groups in total. The van der Waals surface area contributed by atoms with Crippen LogP contribution in [0.25, 0.3) is 0 Å². The fourth-order valence-corrected chi connectivity index (χ4v) is 2.72. The van der Waals surface area contributed by atoms with Gasteiger partial charge < -0.3 is 10.2 Å². The molecule has 0 unspecified atom stereocenters. The molecule has 2 amide bonds. The first-order valence-electron chi connectivity index (χ1n) is 6.98. The van der Waals surface area contributed by atoms with Crippen LogP contribution in [-0.4, -0.2) is 36.3 Å². The Morgan fingerprint density at radius 1 is 1.20 bits per heavy atom. The molecule has 0 bridgehead atoms. The number of benzene rings is 1. The van der Waals surface area contributed by atoms with Crippen LogP contribution in [0.15, 0.2) is 28.7 Å². The zero-order chi connectivity index (χ0) is 14.4. The minimum atomic E-state index is -0.141. The number of hydrogen-bond donors (Lipinski definition) is 1. The van der Waals surface area contributed by atoms with Gasteiger partial charge in [-0.05, 0) is 37.5 Å². The molecule has 1 aliphatic heterocycles. The van der Waals surface area contributed by atoms with Gasteiger partial charge >= 0.3 is 0 Å². The van der Waals surface area contributed by atoms with E-state index in [0.29, 0.717) is 18.5 Å². The maximum absolute atomic E-state index is 11.9. The Kier molecular flexibility index (Phi) is 5.59. The van der Waals surface area contributed by atoms with Crippen LogP contribution < -0.4 is 5.32 Å². The number of rotatable bonds is 4. The van der Waals surface area contributed by atoms with Crippen molar-refractivity contribution in [3.63, 3.8) is 0 Å². The van der Waals surface area contributed by atoms with E-state index < -0.39 is 0 Å². The van der Waals surface area contributed by atoms with Crippen molar-refractivity contribution >= 4 is 27.7 Å². The summed E-state index contributed by atoms with van der Waals surface area (Å²) < 4.78 is 0.870. The Morgan fingerprint density at radius 2 is 1.95 bits per heavy atom. The van der Waals surface area contributed by atoms with E-state index in [1.165, 1.54) is 6.42 Å². The number of nitrogens with one attached hydrogen (secondary N) is 1. The van der Waals surface area contributed by atoms with Gasteiger partial charge in [0.25, 0.3) is 5.91 Å². The molecule has 1 heterocycles. The van der Waals surface area contributed by atoms with Gasteiger partial charge in [0.1, 0.15) is 0 Å². The lowest BCUT2D eigenvalue weighted by molar-refractivity contribution is -0.131. The molecule has 1 aromatic rings. The molecule has 0 saturated carbocycles. The van der Waals surface area contributed by atoms with E-state index in [2.05, 4.69) is 21.2 Å². The van der Waals surface area contributed by atoms with Crippen molar-refractivity contribution in [2.75, 3.05) is 19.6 Å². The molecule has 20 heavy (non-hydrogen) atoms. The molecule has 4 nitrogen and oxygen atoms in total. The highest BCUT2D eigenvalue weighted by Crippen LogP contribution is 2.12. The summed E-state index contributed by atoms with van der Waals surface area (Å²) in [4.78, 5) is 25.7. The molecular weight excluding hydrogens is 320 g/mol. The number of halogens is 1. The van der Waals surface area contributed by atoms with Crippen molar-refractivity contribution in [2.45, 2.75) is 25.7 Å².